The monoisotopic (exact) mass is 453 g/mol. The first kappa shape index (κ1) is 22.0. The van der Waals surface area contributed by atoms with Crippen LogP contribution in [0.15, 0.2) is 60.7 Å². The second-order valence-electron chi connectivity index (χ2n) is 7.53. The molecule has 4 rings (SSSR count). The molecule has 0 atom stereocenters. The number of ether oxygens (including phenoxy) is 1. The molecule has 2 amide bonds. The molecule has 166 valence electrons. The molecule has 0 unspecified atom stereocenters. The van der Waals surface area contributed by atoms with Crippen LogP contribution in [0, 0.1) is 5.82 Å². The molecule has 0 radical (unpaired) electrons. The number of nitrogens with one attached hydrogen (secondary N) is 1. The van der Waals surface area contributed by atoms with Gasteiger partial charge in [-0.2, -0.15) is 0 Å². The third kappa shape index (κ3) is 5.33. The van der Waals surface area contributed by atoms with Crippen LogP contribution in [-0.4, -0.2) is 56.6 Å². The number of thiophene rings is 1. The molecule has 1 saturated heterocycles. The molecule has 1 N–H and O–H groups in total. The fourth-order valence-electron chi connectivity index (χ4n) is 3.48. The number of carbonyl (C=O) groups excluding carboxylic acids is 2. The van der Waals surface area contributed by atoms with Crippen LogP contribution in [0.2, 0.25) is 0 Å². The van der Waals surface area contributed by atoms with Gasteiger partial charge in [-0.25, -0.2) is 4.39 Å². The lowest BCUT2D eigenvalue weighted by Gasteiger charge is -2.28. The van der Waals surface area contributed by atoms with E-state index in [1.165, 1.54) is 28.4 Å². The average molecular weight is 454 g/mol. The minimum atomic E-state index is -0.303. The van der Waals surface area contributed by atoms with Gasteiger partial charge in [0.25, 0.3) is 5.91 Å². The minimum absolute atomic E-state index is 0.0617. The average Bonchev–Trinajstić information content (AvgIpc) is 3.30. The number of hydrogen-bond acceptors (Lipinski definition) is 5. The molecule has 0 saturated carbocycles. The Morgan fingerprint density at radius 2 is 1.72 bits per heavy atom. The highest BCUT2D eigenvalue weighted by atomic mass is 32.1. The van der Waals surface area contributed by atoms with Crippen molar-refractivity contribution in [2.45, 2.75) is 0 Å². The zero-order valence-corrected chi connectivity index (χ0v) is 18.5. The Morgan fingerprint density at radius 1 is 1.03 bits per heavy atom. The van der Waals surface area contributed by atoms with E-state index in [9.17, 15) is 14.0 Å². The first-order valence-electron chi connectivity index (χ1n) is 10.3. The van der Waals surface area contributed by atoms with Crippen molar-refractivity contribution in [3.05, 3.63) is 71.4 Å². The van der Waals surface area contributed by atoms with Gasteiger partial charge in [-0.1, -0.05) is 12.1 Å². The number of benzene rings is 2. The van der Waals surface area contributed by atoms with Crippen LogP contribution in [0.3, 0.4) is 0 Å². The highest BCUT2D eigenvalue weighted by Gasteiger charge is 2.18. The summed E-state index contributed by atoms with van der Waals surface area (Å²) < 4.78 is 18.5. The first-order valence-corrected chi connectivity index (χ1v) is 11.1. The molecule has 8 heteroatoms. The molecule has 2 heterocycles. The zero-order valence-electron chi connectivity index (χ0n) is 17.7. The molecule has 1 aliphatic rings. The van der Waals surface area contributed by atoms with Gasteiger partial charge >= 0.3 is 0 Å². The lowest BCUT2D eigenvalue weighted by molar-refractivity contribution is -0.116. The SMILES string of the molecule is CN(CC(=O)Nc1ccc(N2CCOCC2)cc1)C(=O)c1ccc(-c2ccc(F)cc2)s1. The lowest BCUT2D eigenvalue weighted by Crippen LogP contribution is -2.36. The van der Waals surface area contributed by atoms with Crippen LogP contribution in [0.1, 0.15) is 9.67 Å². The smallest absolute Gasteiger partial charge is 0.264 e. The van der Waals surface area contributed by atoms with Crippen molar-refractivity contribution in [1.82, 2.24) is 4.90 Å². The fourth-order valence-corrected chi connectivity index (χ4v) is 4.48. The normalized spacial score (nSPS) is 13.6. The molecule has 0 bridgehead atoms. The summed E-state index contributed by atoms with van der Waals surface area (Å²) in [4.78, 5) is 30.2. The van der Waals surface area contributed by atoms with Crippen LogP contribution in [-0.2, 0) is 9.53 Å². The van der Waals surface area contributed by atoms with Crippen molar-refractivity contribution in [3.8, 4) is 10.4 Å². The van der Waals surface area contributed by atoms with Crippen LogP contribution >= 0.6 is 11.3 Å². The maximum Gasteiger partial charge on any atom is 0.264 e. The van der Waals surface area contributed by atoms with E-state index in [2.05, 4.69) is 10.2 Å². The highest BCUT2D eigenvalue weighted by Crippen LogP contribution is 2.29. The topological polar surface area (TPSA) is 61.9 Å². The second-order valence-corrected chi connectivity index (χ2v) is 8.61. The number of likely N-dealkylation sites (N-methyl/N-ethyl adjacent to an activating group) is 1. The second kappa shape index (κ2) is 9.93. The number of carbonyl (C=O) groups is 2. The Kier molecular flexibility index (Phi) is 6.82. The number of anilines is 2. The van der Waals surface area contributed by atoms with E-state index >= 15 is 0 Å². The maximum absolute atomic E-state index is 13.1. The summed E-state index contributed by atoms with van der Waals surface area (Å²) in [6.45, 7) is 3.07. The summed E-state index contributed by atoms with van der Waals surface area (Å²) in [5.74, 6) is -0.806. The molecular formula is C24H24FN3O3S. The quantitative estimate of drug-likeness (QED) is 0.611. The molecule has 2 aromatic carbocycles. The summed E-state index contributed by atoms with van der Waals surface area (Å²) in [6.07, 6.45) is 0. The van der Waals surface area contributed by atoms with Crippen molar-refractivity contribution in [3.63, 3.8) is 0 Å². The number of rotatable bonds is 6. The van der Waals surface area contributed by atoms with E-state index in [-0.39, 0.29) is 24.2 Å². The van der Waals surface area contributed by atoms with Gasteiger partial charge in [0.2, 0.25) is 5.91 Å². The molecule has 6 nitrogen and oxygen atoms in total. The summed E-state index contributed by atoms with van der Waals surface area (Å²) in [6, 6.07) is 17.3. The van der Waals surface area contributed by atoms with Crippen molar-refractivity contribution in [2.24, 2.45) is 0 Å². The first-order chi connectivity index (χ1) is 15.5. The third-order valence-corrected chi connectivity index (χ3v) is 6.32. The third-order valence-electron chi connectivity index (χ3n) is 5.20. The molecule has 1 fully saturated rings. The largest absolute Gasteiger partial charge is 0.378 e. The van der Waals surface area contributed by atoms with Crippen LogP contribution in [0.25, 0.3) is 10.4 Å². The number of nitrogens with zero attached hydrogens (tertiary/aromatic N) is 2. The van der Waals surface area contributed by atoms with Gasteiger partial charge in [0.15, 0.2) is 0 Å². The Labute approximate surface area is 190 Å². The fraction of sp³-hybridized carbons (Fsp3) is 0.250. The molecule has 1 aliphatic heterocycles. The molecule has 0 aliphatic carbocycles. The Hall–Kier alpha value is -3.23. The molecule has 3 aromatic rings. The van der Waals surface area contributed by atoms with Crippen LogP contribution in [0.4, 0.5) is 15.8 Å². The van der Waals surface area contributed by atoms with E-state index in [1.54, 1.807) is 25.2 Å². The van der Waals surface area contributed by atoms with E-state index in [0.717, 1.165) is 29.2 Å². The van der Waals surface area contributed by atoms with E-state index in [4.69, 9.17) is 4.74 Å². The van der Waals surface area contributed by atoms with Crippen molar-refractivity contribution < 1.29 is 18.7 Å². The van der Waals surface area contributed by atoms with Gasteiger partial charge in [-0.15, -0.1) is 11.3 Å². The van der Waals surface area contributed by atoms with Crippen molar-refractivity contribution >= 4 is 34.5 Å². The van der Waals surface area contributed by atoms with E-state index in [1.807, 2.05) is 30.3 Å². The molecule has 0 spiro atoms. The minimum Gasteiger partial charge on any atom is -0.378 e. The molecule has 1 aromatic heterocycles. The number of halogens is 1. The van der Waals surface area contributed by atoms with Gasteiger partial charge < -0.3 is 19.9 Å². The maximum atomic E-state index is 13.1. The van der Waals surface area contributed by atoms with Crippen molar-refractivity contribution in [2.75, 3.05) is 50.1 Å². The Bertz CT molecular complexity index is 1080. The number of amides is 2. The van der Waals surface area contributed by atoms with Gasteiger partial charge in [0.1, 0.15) is 5.82 Å². The molecule has 32 heavy (non-hydrogen) atoms. The number of hydrogen-bond donors (Lipinski definition) is 1. The Morgan fingerprint density at radius 3 is 2.41 bits per heavy atom. The lowest BCUT2D eigenvalue weighted by atomic mass is 10.2. The summed E-state index contributed by atoms with van der Waals surface area (Å²) >= 11 is 1.32. The van der Waals surface area contributed by atoms with Crippen LogP contribution in [0.5, 0.6) is 0 Å². The van der Waals surface area contributed by atoms with Gasteiger partial charge in [-0.05, 0) is 54.1 Å². The zero-order chi connectivity index (χ0) is 22.5. The highest BCUT2D eigenvalue weighted by molar-refractivity contribution is 7.17. The Balaban J connectivity index is 1.32. The predicted octanol–water partition coefficient (Wildman–Crippen LogP) is 4.10. The summed E-state index contributed by atoms with van der Waals surface area (Å²) in [5.41, 5.74) is 2.62. The van der Waals surface area contributed by atoms with Crippen molar-refractivity contribution in [1.29, 1.82) is 0 Å². The summed E-state index contributed by atoms with van der Waals surface area (Å²) in [5, 5.41) is 2.84. The van der Waals surface area contributed by atoms with Gasteiger partial charge in [0, 0.05) is 36.4 Å². The van der Waals surface area contributed by atoms with E-state index < -0.39 is 0 Å². The summed E-state index contributed by atoms with van der Waals surface area (Å²) in [7, 11) is 1.60. The molecular weight excluding hydrogens is 429 g/mol. The van der Waals surface area contributed by atoms with E-state index in [0.29, 0.717) is 23.8 Å². The van der Waals surface area contributed by atoms with Gasteiger partial charge in [-0.3, -0.25) is 9.59 Å². The van der Waals surface area contributed by atoms with Gasteiger partial charge in [0.05, 0.1) is 24.6 Å². The number of morpholine rings is 1. The van der Waals surface area contributed by atoms with Crippen LogP contribution < -0.4 is 10.2 Å². The standard InChI is InChI=1S/C24H24FN3O3S/c1-27(24(30)22-11-10-21(32-22)17-2-4-18(25)5-3-17)16-23(29)26-19-6-8-20(9-7-19)28-12-14-31-15-13-28/h2-11H,12-16H2,1H3,(H,26,29). The predicted molar refractivity (Wildman–Crippen MR) is 125 cm³/mol.